The SMILES string of the molecule is CCC(CNC(=O)N1CCC(COC)C1)C(=O)O. The van der Waals surface area contributed by atoms with Crippen LogP contribution in [0.3, 0.4) is 0 Å². The predicted molar refractivity (Wildman–Crippen MR) is 66.4 cm³/mol. The second-order valence-electron chi connectivity index (χ2n) is 4.69. The minimum absolute atomic E-state index is 0.173. The van der Waals surface area contributed by atoms with Gasteiger partial charge in [0.15, 0.2) is 0 Å². The molecule has 6 nitrogen and oxygen atoms in total. The fourth-order valence-electron chi connectivity index (χ4n) is 2.12. The summed E-state index contributed by atoms with van der Waals surface area (Å²) in [6, 6.07) is -0.173. The summed E-state index contributed by atoms with van der Waals surface area (Å²) in [5, 5.41) is 11.6. The van der Waals surface area contributed by atoms with Crippen LogP contribution in [0.4, 0.5) is 4.79 Å². The van der Waals surface area contributed by atoms with Crippen molar-refractivity contribution in [3.8, 4) is 0 Å². The van der Waals surface area contributed by atoms with Gasteiger partial charge in [-0.15, -0.1) is 0 Å². The van der Waals surface area contributed by atoms with Crippen LogP contribution >= 0.6 is 0 Å². The molecular formula is C12H22N2O4. The Bertz CT molecular complexity index is 296. The predicted octanol–water partition coefficient (Wildman–Crippen LogP) is 0.775. The van der Waals surface area contributed by atoms with Gasteiger partial charge in [-0.1, -0.05) is 6.92 Å². The van der Waals surface area contributed by atoms with Crippen LogP contribution in [-0.2, 0) is 9.53 Å². The molecular weight excluding hydrogens is 236 g/mol. The van der Waals surface area contributed by atoms with Gasteiger partial charge >= 0.3 is 12.0 Å². The molecule has 0 saturated carbocycles. The van der Waals surface area contributed by atoms with Crippen LogP contribution < -0.4 is 5.32 Å². The number of hydrogen-bond acceptors (Lipinski definition) is 3. The van der Waals surface area contributed by atoms with Crippen LogP contribution in [0.15, 0.2) is 0 Å². The van der Waals surface area contributed by atoms with E-state index >= 15 is 0 Å². The summed E-state index contributed by atoms with van der Waals surface area (Å²) in [6.07, 6.45) is 1.46. The van der Waals surface area contributed by atoms with Crippen LogP contribution in [0, 0.1) is 11.8 Å². The molecule has 2 N–H and O–H groups in total. The number of carbonyl (C=O) groups is 2. The van der Waals surface area contributed by atoms with E-state index in [-0.39, 0.29) is 12.6 Å². The summed E-state index contributed by atoms with van der Waals surface area (Å²) in [5.74, 6) is -0.981. The van der Waals surface area contributed by atoms with E-state index in [4.69, 9.17) is 9.84 Å². The summed E-state index contributed by atoms with van der Waals surface area (Å²) in [4.78, 5) is 24.4. The summed E-state index contributed by atoms with van der Waals surface area (Å²) < 4.78 is 5.06. The maximum absolute atomic E-state index is 11.8. The third-order valence-corrected chi connectivity index (χ3v) is 3.32. The first kappa shape index (κ1) is 14.8. The molecule has 1 aliphatic rings. The Morgan fingerprint density at radius 2 is 2.28 bits per heavy atom. The lowest BCUT2D eigenvalue weighted by Crippen LogP contribution is -2.41. The van der Waals surface area contributed by atoms with Gasteiger partial charge in [0.1, 0.15) is 0 Å². The summed E-state index contributed by atoms with van der Waals surface area (Å²) in [5.41, 5.74) is 0. The fraction of sp³-hybridized carbons (Fsp3) is 0.833. The van der Waals surface area contributed by atoms with Gasteiger partial charge < -0.3 is 20.1 Å². The highest BCUT2D eigenvalue weighted by atomic mass is 16.5. The van der Waals surface area contributed by atoms with E-state index in [1.807, 2.05) is 0 Å². The van der Waals surface area contributed by atoms with Crippen molar-refractivity contribution in [2.75, 3.05) is 33.4 Å². The number of nitrogens with zero attached hydrogens (tertiary/aromatic N) is 1. The van der Waals surface area contributed by atoms with E-state index in [2.05, 4.69) is 5.32 Å². The average molecular weight is 258 g/mol. The largest absolute Gasteiger partial charge is 0.481 e. The topological polar surface area (TPSA) is 78.9 Å². The van der Waals surface area contributed by atoms with E-state index in [0.29, 0.717) is 32.0 Å². The lowest BCUT2D eigenvalue weighted by molar-refractivity contribution is -0.141. The second kappa shape index (κ2) is 7.20. The van der Waals surface area contributed by atoms with Gasteiger partial charge in [0.25, 0.3) is 0 Å². The summed E-state index contributed by atoms with van der Waals surface area (Å²) in [6.45, 7) is 4.05. The number of rotatable bonds is 6. The minimum atomic E-state index is -0.864. The van der Waals surface area contributed by atoms with E-state index in [9.17, 15) is 9.59 Å². The molecule has 2 atom stereocenters. The molecule has 2 unspecified atom stereocenters. The molecule has 0 spiro atoms. The van der Waals surface area contributed by atoms with Crippen LogP contribution in [0.25, 0.3) is 0 Å². The Morgan fingerprint density at radius 1 is 1.56 bits per heavy atom. The zero-order valence-electron chi connectivity index (χ0n) is 11.0. The molecule has 1 aliphatic heterocycles. The van der Waals surface area contributed by atoms with Crippen molar-refractivity contribution in [1.29, 1.82) is 0 Å². The van der Waals surface area contributed by atoms with E-state index in [1.54, 1.807) is 18.9 Å². The molecule has 6 heteroatoms. The van der Waals surface area contributed by atoms with Gasteiger partial charge in [0.2, 0.25) is 0 Å². The normalized spacial score (nSPS) is 20.8. The number of likely N-dealkylation sites (tertiary alicyclic amines) is 1. The van der Waals surface area contributed by atoms with Crippen LogP contribution in [0.1, 0.15) is 19.8 Å². The number of methoxy groups -OCH3 is 1. The van der Waals surface area contributed by atoms with Crippen molar-refractivity contribution in [2.24, 2.45) is 11.8 Å². The third-order valence-electron chi connectivity index (χ3n) is 3.32. The van der Waals surface area contributed by atoms with Gasteiger partial charge in [0.05, 0.1) is 12.5 Å². The molecule has 18 heavy (non-hydrogen) atoms. The lowest BCUT2D eigenvalue weighted by Gasteiger charge is -2.19. The number of nitrogens with one attached hydrogen (secondary N) is 1. The molecule has 0 aromatic carbocycles. The Labute approximate surface area is 107 Å². The maximum atomic E-state index is 11.8. The maximum Gasteiger partial charge on any atom is 0.317 e. The Balaban J connectivity index is 2.31. The molecule has 1 fully saturated rings. The first-order chi connectivity index (χ1) is 8.58. The quantitative estimate of drug-likeness (QED) is 0.737. The molecule has 0 radical (unpaired) electrons. The molecule has 104 valence electrons. The monoisotopic (exact) mass is 258 g/mol. The Kier molecular flexibility index (Phi) is 5.91. The number of amides is 2. The summed E-state index contributed by atoms with van der Waals surface area (Å²) >= 11 is 0. The molecule has 0 aromatic heterocycles. The van der Waals surface area contributed by atoms with Crippen molar-refractivity contribution < 1.29 is 19.4 Å². The van der Waals surface area contributed by atoms with E-state index in [0.717, 1.165) is 6.42 Å². The Hall–Kier alpha value is -1.30. The van der Waals surface area contributed by atoms with Gasteiger partial charge in [-0.05, 0) is 12.8 Å². The third kappa shape index (κ3) is 4.18. The van der Waals surface area contributed by atoms with Crippen molar-refractivity contribution in [3.63, 3.8) is 0 Å². The molecule has 0 bridgehead atoms. The van der Waals surface area contributed by atoms with Gasteiger partial charge in [-0.2, -0.15) is 0 Å². The molecule has 0 aliphatic carbocycles. The van der Waals surface area contributed by atoms with E-state index < -0.39 is 11.9 Å². The molecule has 1 saturated heterocycles. The lowest BCUT2D eigenvalue weighted by atomic mass is 10.1. The van der Waals surface area contributed by atoms with Crippen molar-refractivity contribution in [2.45, 2.75) is 19.8 Å². The van der Waals surface area contributed by atoms with E-state index in [1.165, 1.54) is 0 Å². The van der Waals surface area contributed by atoms with Crippen molar-refractivity contribution >= 4 is 12.0 Å². The number of ether oxygens (including phenoxy) is 1. The minimum Gasteiger partial charge on any atom is -0.481 e. The number of carboxylic acid groups (broad SMARTS) is 1. The molecule has 2 amide bonds. The van der Waals surface area contributed by atoms with Crippen molar-refractivity contribution in [3.05, 3.63) is 0 Å². The number of hydrogen-bond donors (Lipinski definition) is 2. The standard InChI is InChI=1S/C12H22N2O4/c1-3-10(11(15)16)6-13-12(17)14-5-4-9(7-14)8-18-2/h9-10H,3-8H2,1-2H3,(H,13,17)(H,15,16). The van der Waals surface area contributed by atoms with Gasteiger partial charge in [-0.25, -0.2) is 4.79 Å². The number of aliphatic carboxylic acids is 1. The zero-order chi connectivity index (χ0) is 13.5. The molecule has 0 aromatic rings. The van der Waals surface area contributed by atoms with Crippen molar-refractivity contribution in [1.82, 2.24) is 10.2 Å². The second-order valence-corrected chi connectivity index (χ2v) is 4.69. The summed E-state index contributed by atoms with van der Waals surface area (Å²) in [7, 11) is 1.65. The highest BCUT2D eigenvalue weighted by Crippen LogP contribution is 2.16. The first-order valence-corrected chi connectivity index (χ1v) is 6.33. The average Bonchev–Trinajstić information content (AvgIpc) is 2.78. The molecule has 1 rings (SSSR count). The zero-order valence-corrected chi connectivity index (χ0v) is 11.0. The van der Waals surface area contributed by atoms with Crippen LogP contribution in [-0.4, -0.2) is 55.4 Å². The fourth-order valence-corrected chi connectivity index (χ4v) is 2.12. The van der Waals surface area contributed by atoms with Crippen LogP contribution in [0.2, 0.25) is 0 Å². The number of carbonyl (C=O) groups excluding carboxylic acids is 1. The van der Waals surface area contributed by atoms with Gasteiger partial charge in [-0.3, -0.25) is 4.79 Å². The smallest absolute Gasteiger partial charge is 0.317 e. The van der Waals surface area contributed by atoms with Crippen LogP contribution in [0.5, 0.6) is 0 Å². The first-order valence-electron chi connectivity index (χ1n) is 6.33. The number of urea groups is 1. The molecule has 1 heterocycles. The number of carboxylic acids is 1. The highest BCUT2D eigenvalue weighted by Gasteiger charge is 2.26. The Morgan fingerprint density at radius 3 is 2.83 bits per heavy atom. The highest BCUT2D eigenvalue weighted by molar-refractivity contribution is 5.76. The van der Waals surface area contributed by atoms with Gasteiger partial charge in [0, 0.05) is 32.7 Å².